The number of anilines is 1. The molecule has 0 radical (unpaired) electrons. The average Bonchev–Trinajstić information content (AvgIpc) is 2.79. The first-order chi connectivity index (χ1) is 10.2. The zero-order chi connectivity index (χ0) is 14.8. The van der Waals surface area contributed by atoms with E-state index in [4.69, 9.17) is 16.3 Å². The van der Waals surface area contributed by atoms with E-state index < -0.39 is 0 Å². The van der Waals surface area contributed by atoms with Gasteiger partial charge >= 0.3 is 0 Å². The molecule has 0 fully saturated rings. The zero-order valence-electron chi connectivity index (χ0n) is 12.4. The molecule has 0 unspecified atom stereocenters. The van der Waals surface area contributed by atoms with Gasteiger partial charge in [0.15, 0.2) is 0 Å². The van der Waals surface area contributed by atoms with E-state index in [9.17, 15) is 0 Å². The van der Waals surface area contributed by atoms with Crippen molar-refractivity contribution in [2.45, 2.75) is 32.8 Å². The van der Waals surface area contributed by atoms with E-state index in [0.29, 0.717) is 6.61 Å². The van der Waals surface area contributed by atoms with Gasteiger partial charge in [0.05, 0.1) is 22.1 Å². The van der Waals surface area contributed by atoms with Crippen molar-refractivity contribution < 1.29 is 4.74 Å². The van der Waals surface area contributed by atoms with Crippen LogP contribution < -0.4 is 10.1 Å². The summed E-state index contributed by atoms with van der Waals surface area (Å²) in [5.41, 5.74) is 4.29. The normalized spacial score (nSPS) is 13.7. The molecule has 0 saturated carbocycles. The Morgan fingerprint density at radius 2 is 2.29 bits per heavy atom. The lowest BCUT2D eigenvalue weighted by atomic mass is 10.0. The topological polar surface area (TPSA) is 39.1 Å². The third-order valence-corrected chi connectivity index (χ3v) is 4.34. The van der Waals surface area contributed by atoms with Crippen LogP contribution in [0.5, 0.6) is 5.75 Å². The molecule has 4 nitrogen and oxygen atoms in total. The van der Waals surface area contributed by atoms with Crippen molar-refractivity contribution in [3.8, 4) is 5.75 Å². The lowest BCUT2D eigenvalue weighted by Crippen LogP contribution is -2.13. The number of halogens is 1. The Bertz CT molecular complexity index is 651. The summed E-state index contributed by atoms with van der Waals surface area (Å²) in [6.07, 6.45) is 3.10. The van der Waals surface area contributed by atoms with Crippen LogP contribution in [0.15, 0.2) is 18.2 Å². The molecule has 21 heavy (non-hydrogen) atoms. The molecule has 0 aliphatic carbocycles. The highest BCUT2D eigenvalue weighted by molar-refractivity contribution is 6.31. The second kappa shape index (κ2) is 5.98. The van der Waals surface area contributed by atoms with Gasteiger partial charge in [0.25, 0.3) is 0 Å². The van der Waals surface area contributed by atoms with Crippen LogP contribution in [0.3, 0.4) is 0 Å². The molecule has 0 amide bonds. The van der Waals surface area contributed by atoms with Crippen LogP contribution in [0.2, 0.25) is 5.02 Å². The van der Waals surface area contributed by atoms with Crippen LogP contribution in [0.1, 0.15) is 30.3 Å². The highest BCUT2D eigenvalue weighted by Crippen LogP contribution is 2.33. The summed E-state index contributed by atoms with van der Waals surface area (Å²) in [5, 5.41) is 8.57. The standard InChI is InChI=1S/C16H20ClN3O/c1-3-12-15(17)13(20(2)19-12)10-21-14-8-4-6-11-7-5-9-18-16(11)14/h4,6,8,18H,3,5,7,9-10H2,1-2H3. The van der Waals surface area contributed by atoms with Crippen LogP contribution >= 0.6 is 11.6 Å². The molecule has 1 aromatic heterocycles. The molecule has 1 aliphatic rings. The summed E-state index contributed by atoms with van der Waals surface area (Å²) < 4.78 is 7.81. The van der Waals surface area contributed by atoms with E-state index in [0.717, 1.165) is 47.2 Å². The lowest BCUT2D eigenvalue weighted by molar-refractivity contribution is 0.296. The number of nitrogens with zero attached hydrogens (tertiary/aromatic N) is 2. The third-order valence-electron chi connectivity index (χ3n) is 3.90. The van der Waals surface area contributed by atoms with Crippen LogP contribution in [0, 0.1) is 0 Å². The molecule has 0 saturated heterocycles. The maximum atomic E-state index is 6.36. The predicted molar refractivity (Wildman–Crippen MR) is 85.2 cm³/mol. The van der Waals surface area contributed by atoms with Crippen LogP contribution in [0.4, 0.5) is 5.69 Å². The lowest BCUT2D eigenvalue weighted by Gasteiger charge is -2.21. The molecule has 0 spiro atoms. The summed E-state index contributed by atoms with van der Waals surface area (Å²) in [6, 6.07) is 6.20. The maximum absolute atomic E-state index is 6.36. The Hall–Kier alpha value is -1.68. The van der Waals surface area contributed by atoms with Gasteiger partial charge in [-0.1, -0.05) is 30.7 Å². The fraction of sp³-hybridized carbons (Fsp3) is 0.438. The van der Waals surface area contributed by atoms with Crippen molar-refractivity contribution >= 4 is 17.3 Å². The molecule has 112 valence electrons. The molecule has 1 aromatic carbocycles. The van der Waals surface area contributed by atoms with E-state index in [1.165, 1.54) is 12.0 Å². The SMILES string of the molecule is CCc1nn(C)c(COc2cccc3c2NCCC3)c1Cl. The zero-order valence-corrected chi connectivity index (χ0v) is 13.2. The summed E-state index contributed by atoms with van der Waals surface area (Å²) in [4.78, 5) is 0. The van der Waals surface area contributed by atoms with Crippen molar-refractivity contribution in [2.75, 3.05) is 11.9 Å². The van der Waals surface area contributed by atoms with Gasteiger partial charge in [0, 0.05) is 13.6 Å². The van der Waals surface area contributed by atoms with Crippen LogP contribution in [-0.2, 0) is 26.5 Å². The number of rotatable bonds is 4. The Kier molecular flexibility index (Phi) is 4.06. The fourth-order valence-corrected chi connectivity index (χ4v) is 3.07. The number of aromatic nitrogens is 2. The molecular formula is C16H20ClN3O. The number of hydrogen-bond acceptors (Lipinski definition) is 3. The quantitative estimate of drug-likeness (QED) is 0.938. The number of nitrogens with one attached hydrogen (secondary N) is 1. The van der Waals surface area contributed by atoms with Gasteiger partial charge < -0.3 is 10.1 Å². The summed E-state index contributed by atoms with van der Waals surface area (Å²) >= 11 is 6.36. The van der Waals surface area contributed by atoms with E-state index in [1.807, 2.05) is 23.9 Å². The van der Waals surface area contributed by atoms with Gasteiger partial charge in [-0.3, -0.25) is 4.68 Å². The molecule has 1 aliphatic heterocycles. The number of ether oxygens (including phenoxy) is 1. The Morgan fingerprint density at radius 3 is 3.05 bits per heavy atom. The first kappa shape index (κ1) is 14.3. The first-order valence-corrected chi connectivity index (χ1v) is 7.77. The smallest absolute Gasteiger partial charge is 0.143 e. The molecule has 2 aromatic rings. The summed E-state index contributed by atoms with van der Waals surface area (Å²) in [5.74, 6) is 0.891. The van der Waals surface area contributed by atoms with Gasteiger partial charge in [-0.25, -0.2) is 0 Å². The highest BCUT2D eigenvalue weighted by atomic mass is 35.5. The minimum atomic E-state index is 0.431. The van der Waals surface area contributed by atoms with E-state index in [2.05, 4.69) is 23.4 Å². The van der Waals surface area contributed by atoms with Crippen molar-refractivity contribution in [1.82, 2.24) is 9.78 Å². The fourth-order valence-electron chi connectivity index (χ4n) is 2.72. The third kappa shape index (κ3) is 2.72. The second-order valence-corrected chi connectivity index (χ2v) is 5.67. The van der Waals surface area contributed by atoms with Crippen molar-refractivity contribution in [1.29, 1.82) is 0 Å². The minimum Gasteiger partial charge on any atom is -0.485 e. The Labute approximate surface area is 130 Å². The minimum absolute atomic E-state index is 0.431. The number of para-hydroxylation sites is 1. The molecule has 3 rings (SSSR count). The van der Waals surface area contributed by atoms with Gasteiger partial charge in [-0.05, 0) is 30.9 Å². The number of aryl methyl sites for hydroxylation is 3. The predicted octanol–water partition coefficient (Wildman–Crippen LogP) is 3.57. The second-order valence-electron chi connectivity index (χ2n) is 5.29. The molecule has 1 N–H and O–H groups in total. The molecule has 2 heterocycles. The first-order valence-electron chi connectivity index (χ1n) is 7.39. The largest absolute Gasteiger partial charge is 0.485 e. The number of hydrogen-bond donors (Lipinski definition) is 1. The van der Waals surface area contributed by atoms with Crippen LogP contribution in [-0.4, -0.2) is 16.3 Å². The number of fused-ring (bicyclic) bond motifs is 1. The Morgan fingerprint density at radius 1 is 1.43 bits per heavy atom. The summed E-state index contributed by atoms with van der Waals surface area (Å²) in [6.45, 7) is 3.48. The highest BCUT2D eigenvalue weighted by Gasteiger charge is 2.16. The van der Waals surface area contributed by atoms with Gasteiger partial charge in [-0.15, -0.1) is 0 Å². The monoisotopic (exact) mass is 305 g/mol. The molecular weight excluding hydrogens is 286 g/mol. The molecule has 5 heteroatoms. The van der Waals surface area contributed by atoms with Crippen molar-refractivity contribution in [2.24, 2.45) is 7.05 Å². The Balaban J connectivity index is 1.81. The van der Waals surface area contributed by atoms with Crippen LogP contribution in [0.25, 0.3) is 0 Å². The van der Waals surface area contributed by atoms with E-state index in [1.54, 1.807) is 0 Å². The van der Waals surface area contributed by atoms with E-state index in [-0.39, 0.29) is 0 Å². The summed E-state index contributed by atoms with van der Waals surface area (Å²) in [7, 11) is 1.91. The van der Waals surface area contributed by atoms with Gasteiger partial charge in [0.2, 0.25) is 0 Å². The van der Waals surface area contributed by atoms with Crippen molar-refractivity contribution in [3.05, 3.63) is 40.2 Å². The van der Waals surface area contributed by atoms with Gasteiger partial charge in [0.1, 0.15) is 12.4 Å². The molecule has 0 atom stereocenters. The van der Waals surface area contributed by atoms with Gasteiger partial charge in [-0.2, -0.15) is 5.10 Å². The number of benzene rings is 1. The molecule has 0 bridgehead atoms. The van der Waals surface area contributed by atoms with Crippen molar-refractivity contribution in [3.63, 3.8) is 0 Å². The maximum Gasteiger partial charge on any atom is 0.143 e. The average molecular weight is 306 g/mol. The van der Waals surface area contributed by atoms with E-state index >= 15 is 0 Å².